The number of benzene rings is 1. The van der Waals surface area contributed by atoms with Crippen molar-refractivity contribution in [3.8, 4) is 0 Å². The van der Waals surface area contributed by atoms with E-state index in [1.807, 2.05) is 0 Å². The number of piperidine rings is 1. The van der Waals surface area contributed by atoms with Gasteiger partial charge in [-0.3, -0.25) is 4.90 Å². The Hall–Kier alpha value is -0.380. The third kappa shape index (κ3) is 2.81. The minimum absolute atomic E-state index is 0.176. The second-order valence-electron chi connectivity index (χ2n) is 6.49. The molecule has 1 aliphatic heterocycles. The number of hydrogen-bond acceptors (Lipinski definition) is 2. The Morgan fingerprint density at radius 3 is 2.55 bits per heavy atom. The summed E-state index contributed by atoms with van der Waals surface area (Å²) in [5, 5.41) is 0. The quantitative estimate of drug-likeness (QED) is 0.900. The first kappa shape index (κ1) is 14.6. The van der Waals surface area contributed by atoms with E-state index in [-0.39, 0.29) is 6.04 Å². The van der Waals surface area contributed by atoms with Crippen LogP contribution in [0.15, 0.2) is 28.7 Å². The van der Waals surface area contributed by atoms with Gasteiger partial charge in [0.25, 0.3) is 0 Å². The van der Waals surface area contributed by atoms with Gasteiger partial charge in [0.15, 0.2) is 0 Å². The molecule has 1 heterocycles. The van der Waals surface area contributed by atoms with Gasteiger partial charge >= 0.3 is 0 Å². The van der Waals surface area contributed by atoms with Gasteiger partial charge in [-0.1, -0.05) is 34.5 Å². The average molecular weight is 337 g/mol. The molecule has 20 heavy (non-hydrogen) atoms. The van der Waals surface area contributed by atoms with Crippen LogP contribution >= 0.6 is 15.9 Å². The summed E-state index contributed by atoms with van der Waals surface area (Å²) >= 11 is 3.53. The molecule has 0 spiro atoms. The summed E-state index contributed by atoms with van der Waals surface area (Å²) < 4.78 is 1.14. The molecule has 2 aliphatic rings. The Balaban J connectivity index is 1.88. The lowest BCUT2D eigenvalue weighted by molar-refractivity contribution is 0.0571. The zero-order valence-electron chi connectivity index (χ0n) is 12.3. The summed E-state index contributed by atoms with van der Waals surface area (Å²) in [6.07, 6.45) is 6.95. The first-order valence-electron chi connectivity index (χ1n) is 7.93. The van der Waals surface area contributed by atoms with Crippen molar-refractivity contribution in [1.82, 2.24) is 4.90 Å². The van der Waals surface area contributed by atoms with E-state index in [0.29, 0.717) is 6.04 Å². The molecule has 3 rings (SSSR count). The second-order valence-corrected chi connectivity index (χ2v) is 7.41. The summed E-state index contributed by atoms with van der Waals surface area (Å²) in [4.78, 5) is 2.72. The summed E-state index contributed by atoms with van der Waals surface area (Å²) in [6, 6.07) is 10.1. The van der Waals surface area contributed by atoms with Crippen molar-refractivity contribution in [3.63, 3.8) is 0 Å². The van der Waals surface area contributed by atoms with Gasteiger partial charge in [-0.05, 0) is 62.8 Å². The van der Waals surface area contributed by atoms with Gasteiger partial charge in [0.2, 0.25) is 0 Å². The maximum absolute atomic E-state index is 6.37. The third-order valence-corrected chi connectivity index (χ3v) is 5.63. The van der Waals surface area contributed by atoms with Crippen LogP contribution < -0.4 is 5.73 Å². The highest BCUT2D eigenvalue weighted by Gasteiger charge is 2.39. The largest absolute Gasteiger partial charge is 0.326 e. The Morgan fingerprint density at radius 1 is 1.15 bits per heavy atom. The van der Waals surface area contributed by atoms with Crippen molar-refractivity contribution in [2.24, 2.45) is 11.7 Å². The van der Waals surface area contributed by atoms with Crippen molar-refractivity contribution in [3.05, 3.63) is 34.3 Å². The first-order chi connectivity index (χ1) is 9.66. The lowest BCUT2D eigenvalue weighted by atomic mass is 9.87. The second kappa shape index (κ2) is 6.17. The van der Waals surface area contributed by atoms with Gasteiger partial charge in [-0.2, -0.15) is 0 Å². The summed E-state index contributed by atoms with van der Waals surface area (Å²) in [6.45, 7) is 3.37. The number of nitrogens with two attached hydrogens (primary N) is 1. The summed E-state index contributed by atoms with van der Waals surface area (Å²) in [5.74, 6) is 0.917. The highest BCUT2D eigenvalue weighted by Crippen LogP contribution is 2.41. The monoisotopic (exact) mass is 336 g/mol. The number of likely N-dealkylation sites (tertiary alicyclic amines) is 1. The third-order valence-electron chi connectivity index (χ3n) is 5.10. The van der Waals surface area contributed by atoms with Crippen LogP contribution in [0.2, 0.25) is 0 Å². The fourth-order valence-electron chi connectivity index (χ4n) is 4.29. The van der Waals surface area contributed by atoms with Gasteiger partial charge < -0.3 is 5.73 Å². The topological polar surface area (TPSA) is 29.3 Å². The molecule has 0 aromatic heterocycles. The molecule has 4 unspecified atom stereocenters. The van der Waals surface area contributed by atoms with E-state index >= 15 is 0 Å². The van der Waals surface area contributed by atoms with Crippen LogP contribution in [0.1, 0.15) is 50.6 Å². The molecule has 3 heteroatoms. The molecule has 0 bridgehead atoms. The molecule has 1 saturated carbocycles. The smallest absolute Gasteiger partial charge is 0.0499 e. The minimum atomic E-state index is 0.176. The summed E-state index contributed by atoms with van der Waals surface area (Å²) in [7, 11) is 0. The predicted molar refractivity (Wildman–Crippen MR) is 87.6 cm³/mol. The zero-order chi connectivity index (χ0) is 14.1. The van der Waals surface area contributed by atoms with E-state index in [0.717, 1.165) is 16.4 Å². The standard InChI is InChI=1S/C17H25BrN2/c1-12(19)17(14-7-9-15(18)10-8-14)20-11-3-5-13-4-2-6-16(13)20/h7-10,12-13,16-17H,2-6,11,19H2,1H3. The van der Waals surface area contributed by atoms with E-state index in [1.165, 1.54) is 44.2 Å². The maximum Gasteiger partial charge on any atom is 0.0499 e. The van der Waals surface area contributed by atoms with Crippen molar-refractivity contribution in [2.75, 3.05) is 6.54 Å². The molecular weight excluding hydrogens is 312 g/mol. The van der Waals surface area contributed by atoms with Crippen LogP contribution in [0.3, 0.4) is 0 Å². The van der Waals surface area contributed by atoms with Crippen LogP contribution in [0.5, 0.6) is 0 Å². The predicted octanol–water partition coefficient (Wildman–Crippen LogP) is 4.10. The van der Waals surface area contributed by atoms with Gasteiger partial charge in [0.05, 0.1) is 0 Å². The molecule has 2 N–H and O–H groups in total. The van der Waals surface area contributed by atoms with E-state index < -0.39 is 0 Å². The fourth-order valence-corrected chi connectivity index (χ4v) is 4.56. The molecule has 110 valence electrons. The lowest BCUT2D eigenvalue weighted by Gasteiger charge is -2.44. The van der Waals surface area contributed by atoms with Crippen LogP contribution in [0, 0.1) is 5.92 Å². The molecule has 1 aromatic carbocycles. The Labute approximate surface area is 130 Å². The van der Waals surface area contributed by atoms with Gasteiger partial charge in [0, 0.05) is 22.6 Å². The molecule has 1 saturated heterocycles. The molecule has 2 fully saturated rings. The number of hydrogen-bond donors (Lipinski definition) is 1. The zero-order valence-corrected chi connectivity index (χ0v) is 13.8. The molecule has 1 aliphatic carbocycles. The number of fused-ring (bicyclic) bond motifs is 1. The van der Waals surface area contributed by atoms with Crippen molar-refractivity contribution >= 4 is 15.9 Å². The fraction of sp³-hybridized carbons (Fsp3) is 0.647. The Bertz CT molecular complexity index is 443. The molecule has 2 nitrogen and oxygen atoms in total. The van der Waals surface area contributed by atoms with Gasteiger partial charge in [-0.15, -0.1) is 0 Å². The van der Waals surface area contributed by atoms with E-state index in [4.69, 9.17) is 5.73 Å². The van der Waals surface area contributed by atoms with Crippen molar-refractivity contribution < 1.29 is 0 Å². The van der Waals surface area contributed by atoms with Gasteiger partial charge in [0.1, 0.15) is 0 Å². The van der Waals surface area contributed by atoms with Crippen LogP contribution in [0.4, 0.5) is 0 Å². The van der Waals surface area contributed by atoms with E-state index in [2.05, 4.69) is 52.0 Å². The highest BCUT2D eigenvalue weighted by molar-refractivity contribution is 9.10. The molecule has 0 amide bonds. The SMILES string of the molecule is CC(N)C(c1ccc(Br)cc1)N1CCCC2CCCC21. The van der Waals surface area contributed by atoms with Crippen LogP contribution in [0.25, 0.3) is 0 Å². The van der Waals surface area contributed by atoms with E-state index in [1.54, 1.807) is 0 Å². The first-order valence-corrected chi connectivity index (χ1v) is 8.73. The number of rotatable bonds is 3. The number of halogens is 1. The molecular formula is C17H25BrN2. The summed E-state index contributed by atoms with van der Waals surface area (Å²) in [5.41, 5.74) is 7.74. The van der Waals surface area contributed by atoms with Crippen LogP contribution in [-0.2, 0) is 0 Å². The molecule has 1 aromatic rings. The normalized spacial score (nSPS) is 29.9. The van der Waals surface area contributed by atoms with Gasteiger partial charge in [-0.25, -0.2) is 0 Å². The molecule has 0 radical (unpaired) electrons. The maximum atomic E-state index is 6.37. The highest BCUT2D eigenvalue weighted by atomic mass is 79.9. The Morgan fingerprint density at radius 2 is 1.85 bits per heavy atom. The van der Waals surface area contributed by atoms with Crippen molar-refractivity contribution in [2.45, 2.75) is 57.2 Å². The van der Waals surface area contributed by atoms with Crippen molar-refractivity contribution in [1.29, 1.82) is 0 Å². The minimum Gasteiger partial charge on any atom is -0.326 e. The lowest BCUT2D eigenvalue weighted by Crippen LogP contribution is -2.49. The Kier molecular flexibility index (Phi) is 4.49. The van der Waals surface area contributed by atoms with E-state index in [9.17, 15) is 0 Å². The van der Waals surface area contributed by atoms with Crippen LogP contribution in [-0.4, -0.2) is 23.5 Å². The number of nitrogens with zero attached hydrogens (tertiary/aromatic N) is 1. The average Bonchev–Trinajstić information content (AvgIpc) is 2.90. The molecule has 4 atom stereocenters.